The number of hydrogen-bond donors (Lipinski definition) is 0. The lowest BCUT2D eigenvalue weighted by molar-refractivity contribution is 0.0961. The second-order valence-electron chi connectivity index (χ2n) is 4.35. The number of aromatic nitrogens is 5. The van der Waals surface area contributed by atoms with Crippen LogP contribution in [0.25, 0.3) is 0 Å². The van der Waals surface area contributed by atoms with E-state index in [9.17, 15) is 4.79 Å². The van der Waals surface area contributed by atoms with Gasteiger partial charge in [0.2, 0.25) is 5.78 Å². The molecule has 0 saturated carbocycles. The first-order valence-electron chi connectivity index (χ1n) is 6.13. The molecule has 0 aliphatic carbocycles. The van der Waals surface area contributed by atoms with Crippen molar-refractivity contribution in [3.8, 4) is 0 Å². The monoisotopic (exact) mass is 363 g/mol. The van der Waals surface area contributed by atoms with Crippen LogP contribution < -0.4 is 0 Å². The maximum Gasteiger partial charge on any atom is 0.203 e. The Kier molecular flexibility index (Phi) is 4.16. The van der Waals surface area contributed by atoms with E-state index in [1.807, 2.05) is 24.3 Å². The first kappa shape index (κ1) is 14.0. The summed E-state index contributed by atoms with van der Waals surface area (Å²) >= 11 is 4.79. The van der Waals surface area contributed by atoms with Gasteiger partial charge in [-0.3, -0.25) is 4.79 Å². The van der Waals surface area contributed by atoms with Gasteiger partial charge >= 0.3 is 0 Å². The highest BCUT2D eigenvalue weighted by atomic mass is 79.9. The molecule has 3 aromatic rings. The number of benzene rings is 1. The minimum atomic E-state index is -0.0967. The molecular weight excluding hydrogens is 354 g/mol. The van der Waals surface area contributed by atoms with Crippen molar-refractivity contribution in [2.75, 3.05) is 0 Å². The minimum Gasteiger partial charge on any atom is -0.290 e. The molecule has 0 bridgehead atoms. The SMILES string of the molecule is O=C(Cn1nnnc1Cc1ccc(Br)cc1)c1cscn1. The van der Waals surface area contributed by atoms with Crippen molar-refractivity contribution < 1.29 is 4.79 Å². The maximum absolute atomic E-state index is 12.0. The molecule has 0 amide bonds. The predicted octanol–water partition coefficient (Wildman–Crippen LogP) is 2.37. The largest absolute Gasteiger partial charge is 0.290 e. The van der Waals surface area contributed by atoms with E-state index in [0.29, 0.717) is 17.9 Å². The fourth-order valence-electron chi connectivity index (χ4n) is 1.82. The highest BCUT2D eigenvalue weighted by Crippen LogP contribution is 2.13. The zero-order valence-electron chi connectivity index (χ0n) is 10.8. The summed E-state index contributed by atoms with van der Waals surface area (Å²) in [5, 5.41) is 13.2. The Hall–Kier alpha value is -1.93. The summed E-state index contributed by atoms with van der Waals surface area (Å²) < 4.78 is 2.54. The van der Waals surface area contributed by atoms with Crippen molar-refractivity contribution in [1.82, 2.24) is 25.2 Å². The van der Waals surface area contributed by atoms with E-state index in [2.05, 4.69) is 36.4 Å². The fraction of sp³-hybridized carbons (Fsp3) is 0.154. The second kappa shape index (κ2) is 6.23. The average molecular weight is 364 g/mol. The van der Waals surface area contributed by atoms with E-state index < -0.39 is 0 Å². The molecule has 3 rings (SSSR count). The summed E-state index contributed by atoms with van der Waals surface area (Å²) in [6, 6.07) is 7.91. The molecule has 0 unspecified atom stereocenters. The smallest absolute Gasteiger partial charge is 0.203 e. The number of carbonyl (C=O) groups excluding carboxylic acids is 1. The first-order chi connectivity index (χ1) is 10.2. The highest BCUT2D eigenvalue weighted by Gasteiger charge is 2.14. The third kappa shape index (κ3) is 3.40. The van der Waals surface area contributed by atoms with E-state index in [1.54, 1.807) is 10.9 Å². The standard InChI is InChI=1S/C13H10BrN5OS/c14-10-3-1-9(2-4-10)5-13-16-17-18-19(13)6-12(20)11-7-21-8-15-11/h1-4,7-8H,5-6H2. The van der Waals surface area contributed by atoms with Gasteiger partial charge in [-0.25, -0.2) is 9.67 Å². The first-order valence-corrected chi connectivity index (χ1v) is 7.87. The van der Waals surface area contributed by atoms with Gasteiger partial charge in [-0.1, -0.05) is 28.1 Å². The third-order valence-electron chi connectivity index (χ3n) is 2.89. The zero-order valence-corrected chi connectivity index (χ0v) is 13.2. The van der Waals surface area contributed by atoms with E-state index in [1.165, 1.54) is 16.0 Å². The van der Waals surface area contributed by atoms with Gasteiger partial charge in [0, 0.05) is 16.3 Å². The molecule has 2 aromatic heterocycles. The van der Waals surface area contributed by atoms with Gasteiger partial charge in [-0.15, -0.1) is 16.4 Å². The second-order valence-corrected chi connectivity index (χ2v) is 5.99. The molecule has 0 fully saturated rings. The molecule has 2 heterocycles. The summed E-state index contributed by atoms with van der Waals surface area (Å²) in [5.41, 5.74) is 3.16. The highest BCUT2D eigenvalue weighted by molar-refractivity contribution is 9.10. The molecule has 0 N–H and O–H groups in total. The third-order valence-corrected chi connectivity index (χ3v) is 4.01. The quantitative estimate of drug-likeness (QED) is 0.650. The number of thiazole rings is 1. The van der Waals surface area contributed by atoms with Crippen molar-refractivity contribution in [2.24, 2.45) is 0 Å². The Balaban J connectivity index is 1.75. The molecule has 0 atom stereocenters. The number of rotatable bonds is 5. The van der Waals surface area contributed by atoms with Crippen molar-refractivity contribution in [3.63, 3.8) is 0 Å². The zero-order chi connectivity index (χ0) is 14.7. The number of carbonyl (C=O) groups is 1. The van der Waals surface area contributed by atoms with Gasteiger partial charge in [0.15, 0.2) is 5.82 Å². The van der Waals surface area contributed by atoms with E-state index in [-0.39, 0.29) is 12.3 Å². The number of halogens is 1. The van der Waals surface area contributed by atoms with Crippen LogP contribution in [0.15, 0.2) is 39.6 Å². The predicted molar refractivity (Wildman–Crippen MR) is 81.2 cm³/mol. The average Bonchev–Trinajstić information content (AvgIpc) is 3.14. The van der Waals surface area contributed by atoms with Crippen LogP contribution >= 0.6 is 27.3 Å². The molecule has 0 saturated heterocycles. The molecule has 0 aliphatic rings. The Morgan fingerprint density at radius 2 is 2.10 bits per heavy atom. The Labute approximate surface area is 133 Å². The Morgan fingerprint density at radius 1 is 1.29 bits per heavy atom. The molecular formula is C13H10BrN5OS. The van der Waals surface area contributed by atoms with Crippen molar-refractivity contribution in [3.05, 3.63) is 56.7 Å². The van der Waals surface area contributed by atoms with Crippen LogP contribution in [0.4, 0.5) is 0 Å². The number of tetrazole rings is 1. The molecule has 0 aliphatic heterocycles. The molecule has 6 nitrogen and oxygen atoms in total. The van der Waals surface area contributed by atoms with Gasteiger partial charge in [0.25, 0.3) is 0 Å². The lowest BCUT2D eigenvalue weighted by Crippen LogP contribution is -2.15. The molecule has 106 valence electrons. The Morgan fingerprint density at radius 3 is 2.81 bits per heavy atom. The van der Waals surface area contributed by atoms with Crippen LogP contribution in [0, 0.1) is 0 Å². The fourth-order valence-corrected chi connectivity index (χ4v) is 2.65. The van der Waals surface area contributed by atoms with Crippen molar-refractivity contribution in [1.29, 1.82) is 0 Å². The number of Topliss-reactive ketones (excluding diaryl/α,β-unsaturated/α-hetero) is 1. The van der Waals surface area contributed by atoms with E-state index in [0.717, 1.165) is 10.0 Å². The maximum atomic E-state index is 12.0. The van der Waals surface area contributed by atoms with Gasteiger partial charge < -0.3 is 0 Å². The minimum absolute atomic E-state index is 0.0967. The summed E-state index contributed by atoms with van der Waals surface area (Å²) in [7, 11) is 0. The number of hydrogen-bond acceptors (Lipinski definition) is 6. The van der Waals surface area contributed by atoms with Gasteiger partial charge in [-0.05, 0) is 28.1 Å². The topological polar surface area (TPSA) is 73.6 Å². The summed E-state index contributed by atoms with van der Waals surface area (Å²) in [5.74, 6) is 0.557. The van der Waals surface area contributed by atoms with Crippen molar-refractivity contribution >= 4 is 33.0 Å². The lowest BCUT2D eigenvalue weighted by Gasteiger charge is -2.03. The molecule has 0 radical (unpaired) electrons. The molecule has 21 heavy (non-hydrogen) atoms. The summed E-state index contributed by atoms with van der Waals surface area (Å²) in [4.78, 5) is 16.0. The van der Waals surface area contributed by atoms with Crippen LogP contribution in [0.1, 0.15) is 21.9 Å². The molecule has 8 heteroatoms. The molecule has 0 spiro atoms. The van der Waals surface area contributed by atoms with Crippen LogP contribution in [-0.2, 0) is 13.0 Å². The van der Waals surface area contributed by atoms with Crippen LogP contribution in [0.3, 0.4) is 0 Å². The van der Waals surface area contributed by atoms with Crippen LogP contribution in [0.2, 0.25) is 0 Å². The van der Waals surface area contributed by atoms with Gasteiger partial charge in [0.1, 0.15) is 12.2 Å². The number of ketones is 1. The van der Waals surface area contributed by atoms with Crippen LogP contribution in [0.5, 0.6) is 0 Å². The lowest BCUT2D eigenvalue weighted by atomic mass is 10.1. The van der Waals surface area contributed by atoms with E-state index in [4.69, 9.17) is 0 Å². The van der Waals surface area contributed by atoms with Crippen molar-refractivity contribution in [2.45, 2.75) is 13.0 Å². The van der Waals surface area contributed by atoms with Gasteiger partial charge in [0.05, 0.1) is 5.51 Å². The Bertz CT molecular complexity index is 738. The summed E-state index contributed by atoms with van der Waals surface area (Å²) in [6.07, 6.45) is 0.574. The molecule has 1 aromatic carbocycles. The van der Waals surface area contributed by atoms with Crippen LogP contribution in [-0.4, -0.2) is 31.0 Å². The summed E-state index contributed by atoms with van der Waals surface area (Å²) in [6.45, 7) is 0.0998. The number of nitrogens with zero attached hydrogens (tertiary/aromatic N) is 5. The van der Waals surface area contributed by atoms with Gasteiger partial charge in [-0.2, -0.15) is 0 Å². The normalized spacial score (nSPS) is 10.7. The van der Waals surface area contributed by atoms with E-state index >= 15 is 0 Å².